The van der Waals surface area contributed by atoms with Gasteiger partial charge in [0.25, 0.3) is 0 Å². The first-order chi connectivity index (χ1) is 12.7. The smallest absolute Gasteiger partial charge is 0.225 e. The van der Waals surface area contributed by atoms with Crippen molar-refractivity contribution in [3.8, 4) is 11.3 Å². The van der Waals surface area contributed by atoms with E-state index >= 15 is 0 Å². The van der Waals surface area contributed by atoms with Crippen molar-refractivity contribution < 1.29 is 9.50 Å². The fourth-order valence-corrected chi connectivity index (χ4v) is 2.50. The van der Waals surface area contributed by atoms with Gasteiger partial charge in [0.2, 0.25) is 5.95 Å². The van der Waals surface area contributed by atoms with Gasteiger partial charge in [0.15, 0.2) is 0 Å². The Bertz CT molecular complexity index is 871. The van der Waals surface area contributed by atoms with Crippen LogP contribution in [0.2, 0.25) is 0 Å². The van der Waals surface area contributed by atoms with E-state index in [0.717, 1.165) is 16.9 Å². The van der Waals surface area contributed by atoms with Gasteiger partial charge in [-0.1, -0.05) is 30.3 Å². The molecule has 0 bridgehead atoms. The molecule has 0 spiro atoms. The molecule has 0 saturated carbocycles. The van der Waals surface area contributed by atoms with Crippen LogP contribution in [0.1, 0.15) is 12.0 Å². The SMILES string of the molecule is Cc1cc(Nc2cc(-c3ccccc3)nc(NCCCO)n2)ccc1F. The van der Waals surface area contributed by atoms with Gasteiger partial charge in [-0.25, -0.2) is 9.37 Å². The monoisotopic (exact) mass is 352 g/mol. The van der Waals surface area contributed by atoms with Gasteiger partial charge in [0.1, 0.15) is 11.6 Å². The number of halogens is 1. The van der Waals surface area contributed by atoms with Crippen LogP contribution in [0.25, 0.3) is 11.3 Å². The largest absolute Gasteiger partial charge is 0.396 e. The van der Waals surface area contributed by atoms with Gasteiger partial charge in [-0.3, -0.25) is 0 Å². The molecule has 2 aromatic carbocycles. The minimum absolute atomic E-state index is 0.103. The van der Waals surface area contributed by atoms with E-state index in [4.69, 9.17) is 5.11 Å². The standard InChI is InChI=1S/C20H21FN4O/c1-14-12-16(8-9-17(14)21)23-19-13-18(15-6-3-2-4-7-15)24-20(25-19)22-10-5-11-26/h2-4,6-9,12-13,26H,5,10-11H2,1H3,(H2,22,23,24,25). The summed E-state index contributed by atoms with van der Waals surface area (Å²) in [6.45, 7) is 2.40. The molecule has 0 radical (unpaired) electrons. The van der Waals surface area contributed by atoms with Gasteiger partial charge >= 0.3 is 0 Å². The van der Waals surface area contributed by atoms with Crippen LogP contribution in [0.4, 0.5) is 21.8 Å². The molecule has 1 heterocycles. The summed E-state index contributed by atoms with van der Waals surface area (Å²) in [5.74, 6) is 0.840. The highest BCUT2D eigenvalue weighted by molar-refractivity contribution is 5.67. The lowest BCUT2D eigenvalue weighted by molar-refractivity contribution is 0.292. The van der Waals surface area contributed by atoms with Gasteiger partial charge in [-0.2, -0.15) is 4.98 Å². The second kappa shape index (κ2) is 8.40. The van der Waals surface area contributed by atoms with E-state index in [0.29, 0.717) is 30.3 Å². The van der Waals surface area contributed by atoms with Crippen LogP contribution in [0, 0.1) is 12.7 Å². The third-order valence-electron chi connectivity index (χ3n) is 3.84. The van der Waals surface area contributed by atoms with E-state index in [1.165, 1.54) is 6.07 Å². The van der Waals surface area contributed by atoms with Crippen molar-refractivity contribution in [3.63, 3.8) is 0 Å². The van der Waals surface area contributed by atoms with E-state index in [-0.39, 0.29) is 12.4 Å². The number of benzene rings is 2. The Hall–Kier alpha value is -2.99. The zero-order valence-corrected chi connectivity index (χ0v) is 14.5. The first-order valence-corrected chi connectivity index (χ1v) is 8.48. The van der Waals surface area contributed by atoms with Crippen LogP contribution in [0.15, 0.2) is 54.6 Å². The normalized spacial score (nSPS) is 10.6. The van der Waals surface area contributed by atoms with Crippen molar-refractivity contribution in [2.75, 3.05) is 23.8 Å². The van der Waals surface area contributed by atoms with E-state index in [1.807, 2.05) is 36.4 Å². The maximum Gasteiger partial charge on any atom is 0.225 e. The third kappa shape index (κ3) is 4.55. The van der Waals surface area contributed by atoms with Crippen LogP contribution >= 0.6 is 0 Å². The Morgan fingerprint density at radius 2 is 1.85 bits per heavy atom. The summed E-state index contributed by atoms with van der Waals surface area (Å²) in [7, 11) is 0. The predicted molar refractivity (Wildman–Crippen MR) is 102 cm³/mol. The van der Waals surface area contributed by atoms with Crippen LogP contribution in [-0.2, 0) is 0 Å². The molecule has 1 aromatic heterocycles. The number of nitrogens with one attached hydrogen (secondary N) is 2. The number of aliphatic hydroxyl groups is 1. The van der Waals surface area contributed by atoms with Crippen LogP contribution < -0.4 is 10.6 Å². The number of aliphatic hydroxyl groups excluding tert-OH is 1. The summed E-state index contributed by atoms with van der Waals surface area (Å²) in [4.78, 5) is 9.01. The molecule has 0 aliphatic rings. The van der Waals surface area contributed by atoms with Gasteiger partial charge in [0, 0.05) is 30.5 Å². The van der Waals surface area contributed by atoms with E-state index < -0.39 is 0 Å². The predicted octanol–water partition coefficient (Wildman–Crippen LogP) is 4.13. The second-order valence-corrected chi connectivity index (χ2v) is 5.92. The molecule has 3 N–H and O–H groups in total. The number of aromatic nitrogens is 2. The molecule has 0 amide bonds. The average Bonchev–Trinajstić information content (AvgIpc) is 2.66. The summed E-state index contributed by atoms with van der Waals surface area (Å²) in [5.41, 5.74) is 3.06. The molecule has 0 aliphatic heterocycles. The minimum Gasteiger partial charge on any atom is -0.396 e. The molecule has 0 unspecified atom stereocenters. The van der Waals surface area contributed by atoms with E-state index in [9.17, 15) is 4.39 Å². The summed E-state index contributed by atoms with van der Waals surface area (Å²) >= 11 is 0. The summed E-state index contributed by atoms with van der Waals surface area (Å²) in [6, 6.07) is 16.5. The van der Waals surface area contributed by atoms with E-state index in [1.54, 1.807) is 19.1 Å². The zero-order valence-electron chi connectivity index (χ0n) is 14.5. The number of rotatable bonds is 7. The second-order valence-electron chi connectivity index (χ2n) is 5.92. The highest BCUT2D eigenvalue weighted by Gasteiger charge is 2.08. The van der Waals surface area contributed by atoms with Crippen molar-refractivity contribution in [2.24, 2.45) is 0 Å². The van der Waals surface area contributed by atoms with Crippen molar-refractivity contribution in [2.45, 2.75) is 13.3 Å². The highest BCUT2D eigenvalue weighted by Crippen LogP contribution is 2.24. The molecule has 134 valence electrons. The van der Waals surface area contributed by atoms with Crippen LogP contribution in [-0.4, -0.2) is 28.2 Å². The van der Waals surface area contributed by atoms with Gasteiger partial charge < -0.3 is 15.7 Å². The summed E-state index contributed by atoms with van der Waals surface area (Å²) in [6.07, 6.45) is 0.610. The minimum atomic E-state index is -0.241. The van der Waals surface area contributed by atoms with Crippen molar-refractivity contribution in [3.05, 3.63) is 66.0 Å². The number of anilines is 3. The average molecular weight is 352 g/mol. The molecule has 6 heteroatoms. The first kappa shape index (κ1) is 17.8. The summed E-state index contributed by atoms with van der Waals surface area (Å²) in [5, 5.41) is 15.3. The molecule has 3 rings (SSSR count). The lowest BCUT2D eigenvalue weighted by Gasteiger charge is -2.12. The molecular formula is C20H21FN4O. The third-order valence-corrected chi connectivity index (χ3v) is 3.84. The van der Waals surface area contributed by atoms with Gasteiger partial charge in [0.05, 0.1) is 5.69 Å². The van der Waals surface area contributed by atoms with E-state index in [2.05, 4.69) is 20.6 Å². The van der Waals surface area contributed by atoms with Crippen LogP contribution in [0.3, 0.4) is 0 Å². The number of hydrogen-bond donors (Lipinski definition) is 3. The number of nitrogens with zero attached hydrogens (tertiary/aromatic N) is 2. The van der Waals surface area contributed by atoms with Crippen molar-refractivity contribution in [1.82, 2.24) is 9.97 Å². The van der Waals surface area contributed by atoms with Crippen molar-refractivity contribution in [1.29, 1.82) is 0 Å². The lowest BCUT2D eigenvalue weighted by Crippen LogP contribution is -2.08. The zero-order chi connectivity index (χ0) is 18.4. The molecule has 0 atom stereocenters. The Balaban J connectivity index is 1.91. The number of aryl methyl sites for hydroxylation is 1. The van der Waals surface area contributed by atoms with Gasteiger partial charge in [-0.15, -0.1) is 0 Å². The fraction of sp³-hybridized carbons (Fsp3) is 0.200. The molecule has 3 aromatic rings. The van der Waals surface area contributed by atoms with Crippen LogP contribution in [0.5, 0.6) is 0 Å². The molecule has 0 fully saturated rings. The summed E-state index contributed by atoms with van der Waals surface area (Å²) < 4.78 is 13.5. The molecule has 0 aliphatic carbocycles. The maximum absolute atomic E-state index is 13.5. The Morgan fingerprint density at radius 3 is 2.58 bits per heavy atom. The molecule has 26 heavy (non-hydrogen) atoms. The Labute approximate surface area is 152 Å². The fourth-order valence-electron chi connectivity index (χ4n) is 2.50. The molecular weight excluding hydrogens is 331 g/mol. The van der Waals surface area contributed by atoms with Gasteiger partial charge in [-0.05, 0) is 37.1 Å². The highest BCUT2D eigenvalue weighted by atomic mass is 19.1. The quantitative estimate of drug-likeness (QED) is 0.558. The number of hydrogen-bond acceptors (Lipinski definition) is 5. The van der Waals surface area contributed by atoms with Crippen molar-refractivity contribution >= 4 is 17.5 Å². The Morgan fingerprint density at radius 1 is 1.04 bits per heavy atom. The maximum atomic E-state index is 13.5. The molecule has 5 nitrogen and oxygen atoms in total. The molecule has 0 saturated heterocycles. The first-order valence-electron chi connectivity index (χ1n) is 8.48. The Kier molecular flexibility index (Phi) is 5.76. The lowest BCUT2D eigenvalue weighted by atomic mass is 10.1. The topological polar surface area (TPSA) is 70.1 Å².